The molecule has 0 aromatic carbocycles. The summed E-state index contributed by atoms with van der Waals surface area (Å²) in [7, 11) is 1.95. The van der Waals surface area contributed by atoms with E-state index >= 15 is 0 Å². The van der Waals surface area contributed by atoms with Gasteiger partial charge in [0.1, 0.15) is 0 Å². The maximum atomic E-state index is 6.05. The van der Waals surface area contributed by atoms with Gasteiger partial charge in [-0.05, 0) is 114 Å². The van der Waals surface area contributed by atoms with E-state index in [1.54, 1.807) is 0 Å². The summed E-state index contributed by atoms with van der Waals surface area (Å²) in [6.45, 7) is 20.9. The molecule has 1 heteroatoms. The van der Waals surface area contributed by atoms with Gasteiger partial charge in [0.15, 0.2) is 0 Å². The topological polar surface area (TPSA) is 9.23 Å². The summed E-state index contributed by atoms with van der Waals surface area (Å²) < 4.78 is 6.05. The first kappa shape index (κ1) is 23.4. The van der Waals surface area contributed by atoms with Crippen molar-refractivity contribution >= 4 is 0 Å². The molecule has 0 amide bonds. The van der Waals surface area contributed by atoms with Crippen LogP contribution in [0.25, 0.3) is 0 Å². The van der Waals surface area contributed by atoms with Crippen molar-refractivity contribution in [3.63, 3.8) is 0 Å². The summed E-state index contributed by atoms with van der Waals surface area (Å²) in [6.07, 6.45) is 17.2. The lowest BCUT2D eigenvalue weighted by molar-refractivity contribution is -0.231. The second-order valence-electron chi connectivity index (χ2n) is 15.3. The highest BCUT2D eigenvalue weighted by Gasteiger charge is 2.68. The van der Waals surface area contributed by atoms with Gasteiger partial charge in [0.25, 0.3) is 0 Å². The third-order valence-corrected chi connectivity index (χ3v) is 13.2. The standard InChI is InChI=1S/C31H52O/c1-26(2)16-17-28(5)18-19-30(7)21(22(28)20-26)10-11-24-29(6)14-13-25(32-9)27(3,4)23(29)12-15-31(24,30)8/h20-21,23-25H,10-19H2,1-9H3/t21-,23+,24-,25+,28-,29+,30-,31-/m1/s1. The Morgan fingerprint density at radius 3 is 2.06 bits per heavy atom. The smallest absolute Gasteiger partial charge is 0.0625 e. The van der Waals surface area contributed by atoms with Crippen molar-refractivity contribution in [2.45, 2.75) is 126 Å². The van der Waals surface area contributed by atoms with Crippen molar-refractivity contribution in [1.29, 1.82) is 0 Å². The fourth-order valence-electron chi connectivity index (χ4n) is 11.0. The van der Waals surface area contributed by atoms with Gasteiger partial charge in [0.05, 0.1) is 6.10 Å². The molecule has 5 aliphatic carbocycles. The minimum absolute atomic E-state index is 0.294. The predicted octanol–water partition coefficient (Wildman–Crippen LogP) is 8.82. The van der Waals surface area contributed by atoms with Crippen LogP contribution in [0.1, 0.15) is 120 Å². The van der Waals surface area contributed by atoms with Gasteiger partial charge in [-0.1, -0.05) is 67.0 Å². The molecule has 5 aliphatic rings. The molecule has 0 bridgehead atoms. The lowest BCUT2D eigenvalue weighted by atomic mass is 9.32. The number of allylic oxidation sites excluding steroid dienone is 2. The number of rotatable bonds is 1. The van der Waals surface area contributed by atoms with Crippen LogP contribution in [0, 0.1) is 50.2 Å². The van der Waals surface area contributed by atoms with Gasteiger partial charge in [0.2, 0.25) is 0 Å². The van der Waals surface area contributed by atoms with Gasteiger partial charge in [-0.3, -0.25) is 0 Å². The quantitative estimate of drug-likeness (QED) is 0.370. The van der Waals surface area contributed by atoms with E-state index < -0.39 is 0 Å². The second-order valence-corrected chi connectivity index (χ2v) is 15.3. The largest absolute Gasteiger partial charge is 0.381 e. The highest BCUT2D eigenvalue weighted by Crippen LogP contribution is 2.76. The number of ether oxygens (including phenoxy) is 1. The monoisotopic (exact) mass is 440 g/mol. The zero-order valence-corrected chi connectivity index (χ0v) is 22.9. The van der Waals surface area contributed by atoms with Crippen molar-refractivity contribution in [1.82, 2.24) is 0 Å². The first-order valence-electron chi connectivity index (χ1n) is 14.0. The summed E-state index contributed by atoms with van der Waals surface area (Å²) in [5, 5.41) is 0. The van der Waals surface area contributed by atoms with Gasteiger partial charge in [-0.15, -0.1) is 0 Å². The summed E-state index contributed by atoms with van der Waals surface area (Å²) in [6, 6.07) is 0. The van der Waals surface area contributed by atoms with Crippen molar-refractivity contribution < 1.29 is 4.74 Å². The molecule has 32 heavy (non-hydrogen) atoms. The molecular formula is C31H52O. The molecule has 0 aliphatic heterocycles. The molecule has 0 radical (unpaired) electrons. The fourth-order valence-corrected chi connectivity index (χ4v) is 11.0. The van der Waals surface area contributed by atoms with E-state index in [0.29, 0.717) is 38.6 Å². The van der Waals surface area contributed by atoms with Crippen LogP contribution < -0.4 is 0 Å². The first-order valence-corrected chi connectivity index (χ1v) is 14.0. The van der Waals surface area contributed by atoms with E-state index in [1.165, 1.54) is 64.2 Å². The Morgan fingerprint density at radius 2 is 1.38 bits per heavy atom. The molecule has 0 aromatic rings. The van der Waals surface area contributed by atoms with Crippen molar-refractivity contribution in [2.75, 3.05) is 7.11 Å². The molecule has 4 saturated carbocycles. The molecule has 4 fully saturated rings. The summed E-state index contributed by atoms with van der Waals surface area (Å²) in [5.74, 6) is 2.48. The Labute approximate surface area is 199 Å². The Kier molecular flexibility index (Phi) is 5.05. The van der Waals surface area contributed by atoms with E-state index in [1.807, 2.05) is 12.7 Å². The highest BCUT2D eigenvalue weighted by molar-refractivity contribution is 5.31. The predicted molar refractivity (Wildman–Crippen MR) is 136 cm³/mol. The van der Waals surface area contributed by atoms with Crippen LogP contribution >= 0.6 is 0 Å². The van der Waals surface area contributed by atoms with Crippen molar-refractivity contribution in [3.8, 4) is 0 Å². The van der Waals surface area contributed by atoms with Gasteiger partial charge >= 0.3 is 0 Å². The van der Waals surface area contributed by atoms with Gasteiger partial charge in [-0.2, -0.15) is 0 Å². The number of methoxy groups -OCH3 is 1. The normalized spacial score (nSPS) is 53.8. The van der Waals surface area contributed by atoms with Gasteiger partial charge < -0.3 is 4.74 Å². The molecule has 8 atom stereocenters. The number of fused-ring (bicyclic) bond motifs is 7. The fraction of sp³-hybridized carbons (Fsp3) is 0.935. The average Bonchev–Trinajstić information content (AvgIpc) is 2.69. The summed E-state index contributed by atoms with van der Waals surface area (Å²) in [4.78, 5) is 0. The lowest BCUT2D eigenvalue weighted by Crippen LogP contribution is -2.65. The molecule has 0 N–H and O–H groups in total. The minimum atomic E-state index is 0.294. The van der Waals surface area contributed by atoms with E-state index in [2.05, 4.69) is 61.5 Å². The SMILES string of the molecule is CO[C@H]1CC[C@]2(C)[C@H]3CC[C@@H]4C5=CC(C)(C)CC[C@]5(C)CC[C@@]4(C)[C@]3(C)CC[C@H]2C1(C)C. The minimum Gasteiger partial charge on any atom is -0.381 e. The number of hydrogen-bond donors (Lipinski definition) is 0. The summed E-state index contributed by atoms with van der Waals surface area (Å²) >= 11 is 0. The molecule has 0 saturated heterocycles. The third-order valence-electron chi connectivity index (χ3n) is 13.2. The second kappa shape index (κ2) is 6.89. The molecule has 0 spiro atoms. The first-order chi connectivity index (χ1) is 14.7. The highest BCUT2D eigenvalue weighted by atomic mass is 16.5. The van der Waals surface area contributed by atoms with Crippen LogP contribution in [0.5, 0.6) is 0 Å². The Morgan fingerprint density at radius 1 is 0.688 bits per heavy atom. The van der Waals surface area contributed by atoms with Crippen LogP contribution in [0.15, 0.2) is 11.6 Å². The lowest BCUT2D eigenvalue weighted by Gasteiger charge is -2.72. The summed E-state index contributed by atoms with van der Waals surface area (Å²) in [5.41, 5.74) is 4.45. The Hall–Kier alpha value is -0.300. The van der Waals surface area contributed by atoms with Crippen LogP contribution in [0.4, 0.5) is 0 Å². The molecule has 0 aromatic heterocycles. The molecule has 5 rings (SSSR count). The average molecular weight is 441 g/mol. The van der Waals surface area contributed by atoms with Crippen molar-refractivity contribution in [3.05, 3.63) is 11.6 Å². The molecule has 0 heterocycles. The maximum absolute atomic E-state index is 6.05. The van der Waals surface area contributed by atoms with E-state index in [0.717, 1.165) is 17.8 Å². The third kappa shape index (κ3) is 2.85. The van der Waals surface area contributed by atoms with Crippen LogP contribution in [0.3, 0.4) is 0 Å². The zero-order valence-electron chi connectivity index (χ0n) is 22.9. The zero-order chi connectivity index (χ0) is 23.4. The Balaban J connectivity index is 1.55. The van der Waals surface area contributed by atoms with Crippen LogP contribution in [-0.4, -0.2) is 13.2 Å². The molecule has 1 nitrogen and oxygen atoms in total. The number of hydrogen-bond acceptors (Lipinski definition) is 1. The van der Waals surface area contributed by atoms with Crippen LogP contribution in [-0.2, 0) is 4.74 Å². The van der Waals surface area contributed by atoms with Crippen molar-refractivity contribution in [2.24, 2.45) is 50.2 Å². The van der Waals surface area contributed by atoms with E-state index in [9.17, 15) is 0 Å². The van der Waals surface area contributed by atoms with E-state index in [4.69, 9.17) is 4.74 Å². The molecular weight excluding hydrogens is 388 g/mol. The molecule has 0 unspecified atom stereocenters. The van der Waals surface area contributed by atoms with Gasteiger partial charge in [0, 0.05) is 7.11 Å². The Bertz CT molecular complexity index is 805. The van der Waals surface area contributed by atoms with E-state index in [-0.39, 0.29) is 0 Å². The van der Waals surface area contributed by atoms with Crippen LogP contribution in [0.2, 0.25) is 0 Å². The maximum Gasteiger partial charge on any atom is 0.0625 e. The molecule has 182 valence electrons. The van der Waals surface area contributed by atoms with Gasteiger partial charge in [-0.25, -0.2) is 0 Å².